The third-order valence-corrected chi connectivity index (χ3v) is 2.58. The van der Waals surface area contributed by atoms with Crippen LogP contribution in [0, 0.1) is 0 Å². The van der Waals surface area contributed by atoms with Crippen LogP contribution in [0.2, 0.25) is 0 Å². The zero-order valence-corrected chi connectivity index (χ0v) is 8.98. The summed E-state index contributed by atoms with van der Waals surface area (Å²) in [5.74, 6) is 0. The summed E-state index contributed by atoms with van der Waals surface area (Å²) in [7, 11) is 0. The maximum absolute atomic E-state index is 5.78. The first kappa shape index (κ1) is 10.5. The highest BCUT2D eigenvalue weighted by atomic mass is 14.6. The molecule has 82 valence electrons. The fraction of sp³-hybridized carbons (Fsp3) is 0.0769. The van der Waals surface area contributed by atoms with Gasteiger partial charge in [-0.3, -0.25) is 0 Å². The molecule has 0 aromatic heterocycles. The molecule has 2 aromatic rings. The van der Waals surface area contributed by atoms with Crippen LogP contribution in [-0.2, 0) is 6.54 Å². The highest BCUT2D eigenvalue weighted by molar-refractivity contribution is 5.72. The number of hydrogen-bond acceptors (Lipinski definition) is 3. The highest BCUT2D eigenvalue weighted by Crippen LogP contribution is 2.26. The smallest absolute Gasteiger partial charge is 0.0320 e. The van der Waals surface area contributed by atoms with Crippen molar-refractivity contribution < 1.29 is 0 Å². The Morgan fingerprint density at radius 3 is 2.06 bits per heavy atom. The molecule has 3 nitrogen and oxygen atoms in total. The lowest BCUT2D eigenvalue weighted by Crippen LogP contribution is -2.00. The van der Waals surface area contributed by atoms with E-state index in [2.05, 4.69) is 0 Å². The molecule has 0 unspecified atom stereocenters. The number of anilines is 2. The fourth-order valence-corrected chi connectivity index (χ4v) is 1.70. The van der Waals surface area contributed by atoms with E-state index in [4.69, 9.17) is 17.2 Å². The Morgan fingerprint density at radius 2 is 1.44 bits per heavy atom. The molecule has 0 saturated carbocycles. The second-order valence-electron chi connectivity index (χ2n) is 3.74. The number of nitrogens with two attached hydrogens (primary N) is 3. The lowest BCUT2D eigenvalue weighted by molar-refractivity contribution is 1.07. The van der Waals surface area contributed by atoms with E-state index in [0.717, 1.165) is 28.1 Å². The van der Waals surface area contributed by atoms with E-state index >= 15 is 0 Å². The van der Waals surface area contributed by atoms with E-state index in [-0.39, 0.29) is 0 Å². The lowest BCUT2D eigenvalue weighted by atomic mass is 9.99. The fourth-order valence-electron chi connectivity index (χ4n) is 1.70. The molecule has 0 radical (unpaired) electrons. The molecule has 0 atom stereocenters. The molecule has 3 heteroatoms. The summed E-state index contributed by atoms with van der Waals surface area (Å²) < 4.78 is 0. The summed E-state index contributed by atoms with van der Waals surface area (Å²) in [5, 5.41) is 0. The molecule has 16 heavy (non-hydrogen) atoms. The van der Waals surface area contributed by atoms with Crippen molar-refractivity contribution in [3.63, 3.8) is 0 Å². The topological polar surface area (TPSA) is 78.1 Å². The Kier molecular flexibility index (Phi) is 2.79. The summed E-state index contributed by atoms with van der Waals surface area (Å²) in [5.41, 5.74) is 21.9. The molecule has 0 amide bonds. The predicted octanol–water partition coefficient (Wildman–Crippen LogP) is 1.98. The number of rotatable bonds is 2. The van der Waals surface area contributed by atoms with Crippen LogP contribution in [-0.4, -0.2) is 0 Å². The van der Waals surface area contributed by atoms with Gasteiger partial charge in [0.2, 0.25) is 0 Å². The molecule has 2 rings (SSSR count). The second kappa shape index (κ2) is 4.24. The Balaban J connectivity index is 2.53. The third-order valence-electron chi connectivity index (χ3n) is 2.58. The average molecular weight is 213 g/mol. The van der Waals surface area contributed by atoms with Crippen molar-refractivity contribution in [3.8, 4) is 11.1 Å². The van der Waals surface area contributed by atoms with Crippen LogP contribution in [0.3, 0.4) is 0 Å². The molecular weight excluding hydrogens is 198 g/mol. The standard InChI is InChI=1S/C13H15N3/c14-8-10-3-6-12(16)7-13(10)9-1-4-11(15)5-2-9/h1-7H,8,14-16H2. The molecule has 0 saturated heterocycles. The molecule has 0 spiro atoms. The minimum atomic E-state index is 0.500. The summed E-state index contributed by atoms with van der Waals surface area (Å²) >= 11 is 0. The van der Waals surface area contributed by atoms with Crippen LogP contribution in [0.4, 0.5) is 11.4 Å². The number of hydrogen-bond donors (Lipinski definition) is 3. The minimum absolute atomic E-state index is 0.500. The van der Waals surface area contributed by atoms with Gasteiger partial charge in [-0.25, -0.2) is 0 Å². The van der Waals surface area contributed by atoms with Gasteiger partial charge in [0.25, 0.3) is 0 Å². The van der Waals surface area contributed by atoms with Gasteiger partial charge in [0.1, 0.15) is 0 Å². The monoisotopic (exact) mass is 213 g/mol. The molecule has 0 bridgehead atoms. The van der Waals surface area contributed by atoms with Gasteiger partial charge in [-0.05, 0) is 41.0 Å². The molecule has 0 fully saturated rings. The molecular formula is C13H15N3. The van der Waals surface area contributed by atoms with Crippen molar-refractivity contribution in [2.75, 3.05) is 11.5 Å². The molecule has 0 aliphatic carbocycles. The Bertz CT molecular complexity index is 489. The van der Waals surface area contributed by atoms with Crippen LogP contribution in [0.1, 0.15) is 5.56 Å². The Hall–Kier alpha value is -2.00. The Labute approximate surface area is 94.9 Å². The Morgan fingerprint density at radius 1 is 0.812 bits per heavy atom. The average Bonchev–Trinajstić information content (AvgIpc) is 2.30. The van der Waals surface area contributed by atoms with Gasteiger partial charge in [0.15, 0.2) is 0 Å². The van der Waals surface area contributed by atoms with Gasteiger partial charge in [0, 0.05) is 17.9 Å². The molecule has 0 aliphatic heterocycles. The minimum Gasteiger partial charge on any atom is -0.399 e. The number of benzene rings is 2. The van der Waals surface area contributed by atoms with E-state index in [1.807, 2.05) is 42.5 Å². The maximum atomic E-state index is 5.78. The zero-order chi connectivity index (χ0) is 11.5. The summed E-state index contributed by atoms with van der Waals surface area (Å²) in [6.45, 7) is 0.500. The third kappa shape index (κ3) is 1.99. The van der Waals surface area contributed by atoms with Crippen LogP contribution >= 0.6 is 0 Å². The lowest BCUT2D eigenvalue weighted by Gasteiger charge is -2.09. The van der Waals surface area contributed by atoms with Gasteiger partial charge in [0.05, 0.1) is 0 Å². The van der Waals surface area contributed by atoms with E-state index in [9.17, 15) is 0 Å². The van der Waals surface area contributed by atoms with Gasteiger partial charge in [-0.2, -0.15) is 0 Å². The molecule has 0 heterocycles. The van der Waals surface area contributed by atoms with Crippen molar-refractivity contribution in [1.29, 1.82) is 0 Å². The number of nitrogen functional groups attached to an aromatic ring is 2. The van der Waals surface area contributed by atoms with Gasteiger partial charge in [-0.1, -0.05) is 18.2 Å². The summed E-state index contributed by atoms with van der Waals surface area (Å²) in [6.07, 6.45) is 0. The van der Waals surface area contributed by atoms with Gasteiger partial charge < -0.3 is 17.2 Å². The van der Waals surface area contributed by atoms with E-state index < -0.39 is 0 Å². The first-order chi connectivity index (χ1) is 7.70. The van der Waals surface area contributed by atoms with Crippen molar-refractivity contribution in [1.82, 2.24) is 0 Å². The van der Waals surface area contributed by atoms with Crippen molar-refractivity contribution in [2.24, 2.45) is 5.73 Å². The molecule has 0 aliphatic rings. The van der Waals surface area contributed by atoms with Crippen LogP contribution in [0.25, 0.3) is 11.1 Å². The predicted molar refractivity (Wildman–Crippen MR) is 68.6 cm³/mol. The van der Waals surface area contributed by atoms with E-state index in [0.29, 0.717) is 6.54 Å². The van der Waals surface area contributed by atoms with E-state index in [1.54, 1.807) is 0 Å². The highest BCUT2D eigenvalue weighted by Gasteiger charge is 2.04. The second-order valence-corrected chi connectivity index (χ2v) is 3.74. The van der Waals surface area contributed by atoms with Gasteiger partial charge in [-0.15, -0.1) is 0 Å². The van der Waals surface area contributed by atoms with Crippen LogP contribution < -0.4 is 17.2 Å². The largest absolute Gasteiger partial charge is 0.399 e. The molecule has 6 N–H and O–H groups in total. The summed E-state index contributed by atoms with van der Waals surface area (Å²) in [6, 6.07) is 13.5. The van der Waals surface area contributed by atoms with Crippen molar-refractivity contribution >= 4 is 11.4 Å². The SMILES string of the molecule is NCc1ccc(N)cc1-c1ccc(N)cc1. The van der Waals surface area contributed by atoms with E-state index in [1.165, 1.54) is 0 Å². The zero-order valence-electron chi connectivity index (χ0n) is 8.98. The van der Waals surface area contributed by atoms with Crippen molar-refractivity contribution in [3.05, 3.63) is 48.0 Å². The van der Waals surface area contributed by atoms with Crippen molar-refractivity contribution in [2.45, 2.75) is 6.54 Å². The van der Waals surface area contributed by atoms with Crippen LogP contribution in [0.15, 0.2) is 42.5 Å². The normalized spacial score (nSPS) is 10.3. The molecule has 2 aromatic carbocycles. The quantitative estimate of drug-likeness (QED) is 0.667. The first-order valence-electron chi connectivity index (χ1n) is 5.15. The van der Waals surface area contributed by atoms with Crippen LogP contribution in [0.5, 0.6) is 0 Å². The van der Waals surface area contributed by atoms with Gasteiger partial charge >= 0.3 is 0 Å². The maximum Gasteiger partial charge on any atom is 0.0320 e. The first-order valence-corrected chi connectivity index (χ1v) is 5.15. The summed E-state index contributed by atoms with van der Waals surface area (Å²) in [4.78, 5) is 0.